The highest BCUT2D eigenvalue weighted by Gasteiger charge is 2.11. The molecule has 0 spiro atoms. The average molecular weight is 306 g/mol. The molecule has 0 aliphatic heterocycles. The number of nitrogen functional groups attached to an aromatic ring is 1. The number of carbonyl (C=O) groups excluding carboxylic acids is 1. The molecule has 5 heteroatoms. The van der Waals surface area contributed by atoms with Crippen LogP contribution in [0.5, 0.6) is 5.75 Å². The third kappa shape index (κ3) is 4.13. The Balaban J connectivity index is 1.88. The summed E-state index contributed by atoms with van der Waals surface area (Å²) < 4.78 is 10.3. The predicted octanol–water partition coefficient (Wildman–Crippen LogP) is 3.33. The van der Waals surface area contributed by atoms with E-state index in [1.54, 1.807) is 19.2 Å². The highest BCUT2D eigenvalue weighted by molar-refractivity contribution is 6.31. The number of benzene rings is 2. The summed E-state index contributed by atoms with van der Waals surface area (Å²) in [5.74, 6) is 0.349. The van der Waals surface area contributed by atoms with Gasteiger partial charge in [0.2, 0.25) is 0 Å². The number of halogens is 1. The monoisotopic (exact) mass is 305 g/mol. The molecule has 0 aromatic heterocycles. The number of anilines is 1. The molecule has 0 saturated carbocycles. The largest absolute Gasteiger partial charge is 0.497 e. The van der Waals surface area contributed by atoms with Crippen LogP contribution in [0.3, 0.4) is 0 Å². The Hall–Kier alpha value is -2.20. The normalized spacial score (nSPS) is 10.2. The molecule has 0 amide bonds. The summed E-state index contributed by atoms with van der Waals surface area (Å²) >= 11 is 5.79. The summed E-state index contributed by atoms with van der Waals surface area (Å²) in [4.78, 5) is 11.9. The second-order valence-electron chi connectivity index (χ2n) is 4.47. The van der Waals surface area contributed by atoms with Gasteiger partial charge >= 0.3 is 5.97 Å². The molecule has 2 aromatic carbocycles. The highest BCUT2D eigenvalue weighted by atomic mass is 35.5. The highest BCUT2D eigenvalue weighted by Crippen LogP contribution is 2.19. The van der Waals surface area contributed by atoms with Gasteiger partial charge in [0.1, 0.15) is 5.75 Å². The summed E-state index contributed by atoms with van der Waals surface area (Å²) in [6, 6.07) is 12.3. The molecule has 0 fully saturated rings. The molecule has 0 radical (unpaired) electrons. The van der Waals surface area contributed by atoms with Crippen LogP contribution in [0.4, 0.5) is 5.69 Å². The van der Waals surface area contributed by atoms with E-state index in [9.17, 15) is 4.79 Å². The maximum Gasteiger partial charge on any atom is 0.340 e. The summed E-state index contributed by atoms with van der Waals surface area (Å²) in [7, 11) is 1.62. The van der Waals surface area contributed by atoms with Crippen molar-refractivity contribution in [1.29, 1.82) is 0 Å². The van der Waals surface area contributed by atoms with Crippen molar-refractivity contribution in [3.8, 4) is 5.75 Å². The van der Waals surface area contributed by atoms with Crippen molar-refractivity contribution in [3.63, 3.8) is 0 Å². The Bertz CT molecular complexity index is 626. The van der Waals surface area contributed by atoms with Crippen LogP contribution < -0.4 is 10.5 Å². The second kappa shape index (κ2) is 6.99. The van der Waals surface area contributed by atoms with Gasteiger partial charge in [0.05, 0.1) is 19.3 Å². The van der Waals surface area contributed by atoms with Crippen molar-refractivity contribution in [2.45, 2.75) is 6.42 Å². The maximum absolute atomic E-state index is 11.9. The number of hydrogen-bond acceptors (Lipinski definition) is 4. The van der Waals surface area contributed by atoms with E-state index < -0.39 is 5.97 Å². The van der Waals surface area contributed by atoms with Crippen molar-refractivity contribution >= 4 is 23.3 Å². The molecule has 2 N–H and O–H groups in total. The Morgan fingerprint density at radius 2 is 1.90 bits per heavy atom. The van der Waals surface area contributed by atoms with Crippen LogP contribution >= 0.6 is 11.6 Å². The van der Waals surface area contributed by atoms with Gasteiger partial charge in [-0.3, -0.25) is 0 Å². The number of hydrogen-bond donors (Lipinski definition) is 1. The first-order valence-electron chi connectivity index (χ1n) is 6.45. The third-order valence-corrected chi connectivity index (χ3v) is 3.25. The van der Waals surface area contributed by atoms with Crippen molar-refractivity contribution in [3.05, 3.63) is 58.6 Å². The first-order chi connectivity index (χ1) is 10.1. The first kappa shape index (κ1) is 15.2. The molecule has 0 atom stereocenters. The standard InChI is InChI=1S/C16H16ClNO3/c1-20-13-5-2-11(3-6-13)8-9-21-16(19)14-7-4-12(17)10-15(14)18/h2-7,10H,8-9,18H2,1H3. The van der Waals surface area contributed by atoms with Crippen LogP contribution in [0.2, 0.25) is 5.02 Å². The predicted molar refractivity (Wildman–Crippen MR) is 82.8 cm³/mol. The Labute approximate surface area is 128 Å². The van der Waals surface area contributed by atoms with E-state index in [4.69, 9.17) is 26.8 Å². The van der Waals surface area contributed by atoms with E-state index in [1.165, 1.54) is 6.07 Å². The van der Waals surface area contributed by atoms with Gasteiger partial charge in [-0.05, 0) is 35.9 Å². The topological polar surface area (TPSA) is 61.5 Å². The molecule has 2 rings (SSSR count). The second-order valence-corrected chi connectivity index (χ2v) is 4.90. The minimum absolute atomic E-state index is 0.285. The van der Waals surface area contributed by atoms with E-state index in [-0.39, 0.29) is 6.61 Å². The number of methoxy groups -OCH3 is 1. The Kier molecular flexibility index (Phi) is 5.06. The fourth-order valence-electron chi connectivity index (χ4n) is 1.85. The smallest absolute Gasteiger partial charge is 0.340 e. The summed E-state index contributed by atoms with van der Waals surface area (Å²) in [6.07, 6.45) is 0.628. The number of esters is 1. The van der Waals surface area contributed by atoms with Crippen LogP contribution in [0.1, 0.15) is 15.9 Å². The summed E-state index contributed by atoms with van der Waals surface area (Å²) in [6.45, 7) is 0.285. The molecule has 2 aromatic rings. The maximum atomic E-state index is 11.9. The van der Waals surface area contributed by atoms with Crippen molar-refractivity contribution in [2.75, 3.05) is 19.5 Å². The number of carbonyl (C=O) groups is 1. The van der Waals surface area contributed by atoms with Gasteiger partial charge in [0, 0.05) is 17.1 Å². The third-order valence-electron chi connectivity index (χ3n) is 3.02. The fourth-order valence-corrected chi connectivity index (χ4v) is 2.03. The quantitative estimate of drug-likeness (QED) is 0.680. The van der Waals surface area contributed by atoms with E-state index in [2.05, 4.69) is 0 Å². The van der Waals surface area contributed by atoms with Gasteiger partial charge in [-0.25, -0.2) is 4.79 Å². The molecule has 0 unspecified atom stereocenters. The minimum Gasteiger partial charge on any atom is -0.497 e. The zero-order chi connectivity index (χ0) is 15.2. The molecule has 4 nitrogen and oxygen atoms in total. The van der Waals surface area contributed by atoms with Gasteiger partial charge in [-0.15, -0.1) is 0 Å². The first-order valence-corrected chi connectivity index (χ1v) is 6.83. The SMILES string of the molecule is COc1ccc(CCOC(=O)c2ccc(Cl)cc2N)cc1. The molecule has 0 aliphatic rings. The van der Waals surface area contributed by atoms with E-state index in [1.807, 2.05) is 24.3 Å². The molecular weight excluding hydrogens is 290 g/mol. The fraction of sp³-hybridized carbons (Fsp3) is 0.188. The molecule has 0 saturated heterocycles. The van der Waals surface area contributed by atoms with Crippen LogP contribution in [-0.4, -0.2) is 19.7 Å². The lowest BCUT2D eigenvalue weighted by Gasteiger charge is -2.08. The van der Waals surface area contributed by atoms with Gasteiger partial charge in [0.15, 0.2) is 0 Å². The number of rotatable bonds is 5. The Morgan fingerprint density at radius 3 is 2.52 bits per heavy atom. The van der Waals surface area contributed by atoms with Gasteiger partial charge in [0.25, 0.3) is 0 Å². The lowest BCUT2D eigenvalue weighted by Crippen LogP contribution is -2.10. The lowest BCUT2D eigenvalue weighted by atomic mass is 10.1. The summed E-state index contributed by atoms with van der Waals surface area (Å²) in [5.41, 5.74) is 7.45. The van der Waals surface area contributed by atoms with Gasteiger partial charge < -0.3 is 15.2 Å². The molecule has 0 aliphatic carbocycles. The molecular formula is C16H16ClNO3. The van der Waals surface area contributed by atoms with Crippen molar-refractivity contribution in [2.24, 2.45) is 0 Å². The number of ether oxygens (including phenoxy) is 2. The Morgan fingerprint density at radius 1 is 1.19 bits per heavy atom. The van der Waals surface area contributed by atoms with Crippen molar-refractivity contribution < 1.29 is 14.3 Å². The van der Waals surface area contributed by atoms with Gasteiger partial charge in [-0.2, -0.15) is 0 Å². The van der Waals surface area contributed by atoms with Crippen LogP contribution in [0.15, 0.2) is 42.5 Å². The average Bonchev–Trinajstić information content (AvgIpc) is 2.47. The van der Waals surface area contributed by atoms with Crippen LogP contribution in [0, 0.1) is 0 Å². The van der Waals surface area contributed by atoms with E-state index in [0.29, 0.717) is 22.7 Å². The minimum atomic E-state index is -0.447. The van der Waals surface area contributed by atoms with E-state index >= 15 is 0 Å². The lowest BCUT2D eigenvalue weighted by molar-refractivity contribution is 0.0510. The molecule has 21 heavy (non-hydrogen) atoms. The molecule has 0 bridgehead atoms. The molecule has 110 valence electrons. The van der Waals surface area contributed by atoms with Gasteiger partial charge in [-0.1, -0.05) is 23.7 Å². The van der Waals surface area contributed by atoms with E-state index in [0.717, 1.165) is 11.3 Å². The van der Waals surface area contributed by atoms with Crippen LogP contribution in [0.25, 0.3) is 0 Å². The zero-order valence-corrected chi connectivity index (χ0v) is 12.4. The molecule has 0 heterocycles. The zero-order valence-electron chi connectivity index (χ0n) is 11.6. The summed E-state index contributed by atoms with van der Waals surface area (Å²) in [5, 5.41) is 0.488. The number of nitrogens with two attached hydrogens (primary N) is 1. The van der Waals surface area contributed by atoms with Crippen LogP contribution in [-0.2, 0) is 11.2 Å². The van der Waals surface area contributed by atoms with Crippen molar-refractivity contribution in [1.82, 2.24) is 0 Å².